The van der Waals surface area contributed by atoms with Crippen molar-refractivity contribution in [2.75, 3.05) is 63.6 Å². The highest BCUT2D eigenvalue weighted by Crippen LogP contribution is 2.31. The number of halogens is 1. The predicted molar refractivity (Wildman–Crippen MR) is 133 cm³/mol. The summed E-state index contributed by atoms with van der Waals surface area (Å²) >= 11 is 6.03. The molecule has 8 heteroatoms. The molecule has 0 bridgehead atoms. The summed E-state index contributed by atoms with van der Waals surface area (Å²) in [6, 6.07) is 11.8. The zero-order valence-corrected chi connectivity index (χ0v) is 20.3. The quantitative estimate of drug-likeness (QED) is 0.659. The van der Waals surface area contributed by atoms with Crippen LogP contribution in [0.5, 0.6) is 0 Å². The first-order valence-corrected chi connectivity index (χ1v) is 11.8. The molecule has 2 aromatic rings. The zero-order chi connectivity index (χ0) is 23.5. The fraction of sp³-hybridized carbons (Fsp3) is 0.440. The number of piperazine rings is 1. The van der Waals surface area contributed by atoms with Gasteiger partial charge in [-0.3, -0.25) is 14.5 Å². The standard InChI is InChI=1S/C25H32ClN5O2/c1-17-4-6-20(26)15-21(17)28-25(33)24(32)27-16-23(31-12-10-29(2)11-13-31)18-5-7-22-19(14-18)8-9-30(22)3/h4-7,14-15,23H,8-13,16H2,1-3H3,(H,27,32)(H,28,33)/t23-/m0/s1. The molecule has 2 aromatic carbocycles. The molecule has 0 spiro atoms. The molecular formula is C25H32ClN5O2. The number of anilines is 2. The molecule has 2 aliphatic rings. The third-order valence-corrected chi connectivity index (χ3v) is 6.94. The Kier molecular flexibility index (Phi) is 7.22. The van der Waals surface area contributed by atoms with Gasteiger partial charge in [0.15, 0.2) is 0 Å². The highest BCUT2D eigenvalue weighted by molar-refractivity contribution is 6.40. The smallest absolute Gasteiger partial charge is 0.313 e. The molecule has 2 amide bonds. The monoisotopic (exact) mass is 469 g/mol. The molecule has 0 radical (unpaired) electrons. The Morgan fingerprint density at radius 2 is 1.76 bits per heavy atom. The van der Waals surface area contributed by atoms with Crippen molar-refractivity contribution < 1.29 is 9.59 Å². The maximum atomic E-state index is 12.7. The Morgan fingerprint density at radius 3 is 2.52 bits per heavy atom. The summed E-state index contributed by atoms with van der Waals surface area (Å²) in [4.78, 5) is 32.2. The van der Waals surface area contributed by atoms with E-state index in [9.17, 15) is 9.59 Å². The van der Waals surface area contributed by atoms with Gasteiger partial charge < -0.3 is 20.4 Å². The highest BCUT2D eigenvalue weighted by Gasteiger charge is 2.27. The number of hydrogen-bond acceptors (Lipinski definition) is 5. The summed E-state index contributed by atoms with van der Waals surface area (Å²) in [7, 11) is 4.24. The third kappa shape index (κ3) is 5.49. The lowest BCUT2D eigenvalue weighted by atomic mass is 10.00. The van der Waals surface area contributed by atoms with Crippen molar-refractivity contribution >= 4 is 34.8 Å². The fourth-order valence-corrected chi connectivity index (χ4v) is 4.74. The number of amides is 2. The average molecular weight is 470 g/mol. The van der Waals surface area contributed by atoms with E-state index in [1.165, 1.54) is 16.8 Å². The maximum Gasteiger partial charge on any atom is 0.313 e. The van der Waals surface area contributed by atoms with Crippen molar-refractivity contribution in [2.24, 2.45) is 0 Å². The van der Waals surface area contributed by atoms with Crippen LogP contribution in [0.3, 0.4) is 0 Å². The van der Waals surface area contributed by atoms with Crippen molar-refractivity contribution in [3.8, 4) is 0 Å². The summed E-state index contributed by atoms with van der Waals surface area (Å²) in [5.41, 5.74) is 5.19. The van der Waals surface area contributed by atoms with E-state index in [0.717, 1.165) is 44.7 Å². The van der Waals surface area contributed by atoms with Crippen molar-refractivity contribution in [3.63, 3.8) is 0 Å². The highest BCUT2D eigenvalue weighted by atomic mass is 35.5. The molecule has 0 aromatic heterocycles. The SMILES string of the molecule is Cc1ccc(Cl)cc1NC(=O)C(=O)NC[C@@H](c1ccc2c(c1)CCN2C)N1CCN(C)CC1. The molecule has 0 aliphatic carbocycles. The summed E-state index contributed by atoms with van der Waals surface area (Å²) in [6.07, 6.45) is 1.03. The van der Waals surface area contributed by atoms with E-state index >= 15 is 0 Å². The molecule has 4 rings (SSSR count). The molecule has 1 saturated heterocycles. The Labute approximate surface area is 200 Å². The largest absolute Gasteiger partial charge is 0.374 e. The summed E-state index contributed by atoms with van der Waals surface area (Å²) < 4.78 is 0. The van der Waals surface area contributed by atoms with Gasteiger partial charge in [0.25, 0.3) is 0 Å². The number of benzene rings is 2. The number of fused-ring (bicyclic) bond motifs is 1. The second-order valence-corrected chi connectivity index (χ2v) is 9.47. The first-order valence-electron chi connectivity index (χ1n) is 11.4. The fourth-order valence-electron chi connectivity index (χ4n) is 4.56. The number of carbonyl (C=O) groups is 2. The molecule has 2 heterocycles. The topological polar surface area (TPSA) is 67.9 Å². The van der Waals surface area contributed by atoms with E-state index in [1.54, 1.807) is 12.1 Å². The van der Waals surface area contributed by atoms with Gasteiger partial charge in [0.1, 0.15) is 0 Å². The summed E-state index contributed by atoms with van der Waals surface area (Å²) in [5, 5.41) is 6.06. The molecule has 7 nitrogen and oxygen atoms in total. The minimum atomic E-state index is -0.687. The lowest BCUT2D eigenvalue weighted by Gasteiger charge is -2.38. The van der Waals surface area contributed by atoms with E-state index in [-0.39, 0.29) is 6.04 Å². The van der Waals surface area contributed by atoms with Gasteiger partial charge in [-0.25, -0.2) is 0 Å². The molecule has 33 heavy (non-hydrogen) atoms. The number of hydrogen-bond donors (Lipinski definition) is 2. The molecule has 2 aliphatic heterocycles. The Hall–Kier alpha value is -2.61. The van der Waals surface area contributed by atoms with Gasteiger partial charge in [-0.1, -0.05) is 29.8 Å². The van der Waals surface area contributed by atoms with E-state index in [4.69, 9.17) is 11.6 Å². The van der Waals surface area contributed by atoms with E-state index in [0.29, 0.717) is 17.3 Å². The van der Waals surface area contributed by atoms with Crippen molar-refractivity contribution in [2.45, 2.75) is 19.4 Å². The maximum absolute atomic E-state index is 12.7. The van der Waals surface area contributed by atoms with Crippen molar-refractivity contribution in [3.05, 3.63) is 58.1 Å². The number of nitrogens with one attached hydrogen (secondary N) is 2. The van der Waals surface area contributed by atoms with Crippen LogP contribution in [0.2, 0.25) is 5.02 Å². The van der Waals surface area contributed by atoms with Gasteiger partial charge in [0.05, 0.1) is 6.04 Å². The summed E-state index contributed by atoms with van der Waals surface area (Å²) in [6.45, 7) is 7.05. The molecule has 0 saturated carbocycles. The van der Waals surface area contributed by atoms with Crippen molar-refractivity contribution in [1.82, 2.24) is 15.1 Å². The van der Waals surface area contributed by atoms with E-state index < -0.39 is 11.8 Å². The number of rotatable bonds is 5. The second kappa shape index (κ2) is 10.1. The predicted octanol–water partition coefficient (Wildman–Crippen LogP) is 2.68. The number of nitrogens with zero attached hydrogens (tertiary/aromatic N) is 3. The Bertz CT molecular complexity index is 1040. The van der Waals surface area contributed by atoms with Crippen LogP contribution in [-0.2, 0) is 16.0 Å². The minimum absolute atomic E-state index is 0.0135. The van der Waals surface area contributed by atoms with Gasteiger partial charge in [0.2, 0.25) is 0 Å². The van der Waals surface area contributed by atoms with Crippen LogP contribution in [0.25, 0.3) is 0 Å². The number of likely N-dealkylation sites (N-methyl/N-ethyl adjacent to an activating group) is 2. The lowest BCUT2D eigenvalue weighted by molar-refractivity contribution is -0.136. The van der Waals surface area contributed by atoms with Crippen LogP contribution < -0.4 is 15.5 Å². The lowest BCUT2D eigenvalue weighted by Crippen LogP contribution is -2.49. The number of carbonyl (C=O) groups excluding carboxylic acids is 2. The van der Waals surface area contributed by atoms with Gasteiger partial charge in [-0.15, -0.1) is 0 Å². The first kappa shape index (κ1) is 23.5. The Morgan fingerprint density at radius 1 is 1.00 bits per heavy atom. The van der Waals surface area contributed by atoms with Gasteiger partial charge >= 0.3 is 11.8 Å². The molecular weight excluding hydrogens is 438 g/mol. The minimum Gasteiger partial charge on any atom is -0.374 e. The van der Waals surface area contributed by atoms with Gasteiger partial charge in [-0.05, 0) is 55.3 Å². The van der Waals surface area contributed by atoms with E-state index in [1.807, 2.05) is 13.0 Å². The van der Waals surface area contributed by atoms with Crippen LogP contribution in [0.1, 0.15) is 22.7 Å². The van der Waals surface area contributed by atoms with Gasteiger partial charge in [-0.2, -0.15) is 0 Å². The molecule has 1 atom stereocenters. The summed E-state index contributed by atoms with van der Waals surface area (Å²) in [5.74, 6) is -1.33. The van der Waals surface area contributed by atoms with Crippen LogP contribution >= 0.6 is 11.6 Å². The first-order chi connectivity index (χ1) is 15.8. The molecule has 2 N–H and O–H groups in total. The van der Waals surface area contributed by atoms with Gasteiger partial charge in [0, 0.05) is 62.7 Å². The normalized spacial score (nSPS) is 17.5. The molecule has 0 unspecified atom stereocenters. The van der Waals surface area contributed by atoms with Crippen LogP contribution in [0, 0.1) is 6.92 Å². The Balaban J connectivity index is 1.46. The second-order valence-electron chi connectivity index (χ2n) is 9.04. The van der Waals surface area contributed by atoms with Crippen molar-refractivity contribution in [1.29, 1.82) is 0 Å². The van der Waals surface area contributed by atoms with E-state index in [2.05, 4.69) is 57.6 Å². The average Bonchev–Trinajstić information content (AvgIpc) is 3.17. The third-order valence-electron chi connectivity index (χ3n) is 6.70. The zero-order valence-electron chi connectivity index (χ0n) is 19.5. The van der Waals surface area contributed by atoms with Crippen LogP contribution in [-0.4, -0.2) is 75.0 Å². The van der Waals surface area contributed by atoms with Crippen LogP contribution in [0.4, 0.5) is 11.4 Å². The molecule has 176 valence electrons. The van der Waals surface area contributed by atoms with Crippen LogP contribution in [0.15, 0.2) is 36.4 Å². The number of aryl methyl sites for hydroxylation is 1. The molecule has 1 fully saturated rings.